The molecule has 3 N–H and O–H groups in total. The van der Waals surface area contributed by atoms with Crippen molar-refractivity contribution < 1.29 is 9.90 Å². The molecule has 1 amide bonds. The van der Waals surface area contributed by atoms with E-state index >= 15 is 0 Å². The van der Waals surface area contributed by atoms with Crippen molar-refractivity contribution in [2.75, 3.05) is 19.6 Å². The van der Waals surface area contributed by atoms with Crippen LogP contribution in [0.3, 0.4) is 0 Å². The van der Waals surface area contributed by atoms with Gasteiger partial charge in [0.1, 0.15) is 5.60 Å². The number of hydrogen-bond donors (Lipinski definition) is 2. The summed E-state index contributed by atoms with van der Waals surface area (Å²) in [5, 5.41) is 9.77. The predicted molar refractivity (Wildman–Crippen MR) is 45.4 cm³/mol. The molecule has 0 saturated carbocycles. The highest BCUT2D eigenvalue weighted by Crippen LogP contribution is 2.28. The first-order valence-corrected chi connectivity index (χ1v) is 4.20. The second kappa shape index (κ2) is 3.03. The Bertz CT molecular complexity index is 185. The first-order valence-electron chi connectivity index (χ1n) is 4.20. The number of rotatable bonds is 2. The van der Waals surface area contributed by atoms with Gasteiger partial charge in [0.15, 0.2) is 0 Å². The molecule has 12 heavy (non-hydrogen) atoms. The number of β-amino-alcohol motifs (C(OH)–C–C–N with tert-alkyl or cyclic N) is 1. The lowest BCUT2D eigenvalue weighted by atomic mass is 9.83. The lowest BCUT2D eigenvalue weighted by Gasteiger charge is -2.48. The van der Waals surface area contributed by atoms with Gasteiger partial charge in [-0.15, -0.1) is 0 Å². The third-order valence-corrected chi connectivity index (χ3v) is 2.53. The van der Waals surface area contributed by atoms with Crippen molar-refractivity contribution in [3.8, 4) is 0 Å². The SMILES string of the molecule is CC(C)C1(O)CN(C(=O)CN)C1. The summed E-state index contributed by atoms with van der Waals surface area (Å²) < 4.78 is 0. The van der Waals surface area contributed by atoms with E-state index in [0.29, 0.717) is 13.1 Å². The molecular formula is C8H16N2O2. The van der Waals surface area contributed by atoms with E-state index in [1.54, 1.807) is 4.90 Å². The van der Waals surface area contributed by atoms with E-state index in [4.69, 9.17) is 5.73 Å². The van der Waals surface area contributed by atoms with Crippen LogP contribution in [0.2, 0.25) is 0 Å². The molecule has 0 aromatic carbocycles. The van der Waals surface area contributed by atoms with Crippen LogP contribution in [-0.2, 0) is 4.79 Å². The van der Waals surface area contributed by atoms with Crippen molar-refractivity contribution in [2.24, 2.45) is 11.7 Å². The van der Waals surface area contributed by atoms with Gasteiger partial charge in [0.05, 0.1) is 19.6 Å². The Morgan fingerprint density at radius 3 is 2.50 bits per heavy atom. The number of carbonyl (C=O) groups is 1. The summed E-state index contributed by atoms with van der Waals surface area (Å²) in [5.74, 6) is 0.111. The van der Waals surface area contributed by atoms with E-state index in [0.717, 1.165) is 0 Å². The maximum absolute atomic E-state index is 11.0. The Morgan fingerprint density at radius 1 is 1.67 bits per heavy atom. The molecule has 0 atom stereocenters. The molecule has 1 rings (SSSR count). The van der Waals surface area contributed by atoms with Crippen molar-refractivity contribution >= 4 is 5.91 Å². The smallest absolute Gasteiger partial charge is 0.236 e. The highest BCUT2D eigenvalue weighted by Gasteiger charge is 2.45. The van der Waals surface area contributed by atoms with Gasteiger partial charge >= 0.3 is 0 Å². The number of nitrogens with zero attached hydrogens (tertiary/aromatic N) is 1. The molecule has 0 aliphatic carbocycles. The summed E-state index contributed by atoms with van der Waals surface area (Å²) in [7, 11) is 0. The standard InChI is InChI=1S/C8H16N2O2/c1-6(2)8(12)4-10(5-8)7(11)3-9/h6,12H,3-5,9H2,1-2H3. The first-order chi connectivity index (χ1) is 5.49. The Hall–Kier alpha value is -0.610. The third kappa shape index (κ3) is 1.44. The van der Waals surface area contributed by atoms with Crippen LogP contribution in [0.25, 0.3) is 0 Å². The molecule has 70 valence electrons. The first kappa shape index (κ1) is 9.48. The molecule has 0 aromatic rings. The minimum absolute atomic E-state index is 0.0359. The quantitative estimate of drug-likeness (QED) is 0.571. The second-order valence-electron chi connectivity index (χ2n) is 3.71. The van der Waals surface area contributed by atoms with Crippen molar-refractivity contribution in [1.82, 2.24) is 4.90 Å². The van der Waals surface area contributed by atoms with Crippen LogP contribution in [-0.4, -0.2) is 41.1 Å². The van der Waals surface area contributed by atoms with E-state index < -0.39 is 5.60 Å². The molecule has 1 aliphatic rings. The predicted octanol–water partition coefficient (Wildman–Crippen LogP) is -0.826. The summed E-state index contributed by atoms with van der Waals surface area (Å²) in [6, 6.07) is 0. The van der Waals surface area contributed by atoms with Gasteiger partial charge in [-0.05, 0) is 5.92 Å². The zero-order valence-corrected chi connectivity index (χ0v) is 7.58. The number of likely N-dealkylation sites (tertiary alicyclic amines) is 1. The number of aliphatic hydroxyl groups is 1. The van der Waals surface area contributed by atoms with Crippen LogP contribution < -0.4 is 5.73 Å². The molecule has 0 spiro atoms. The fourth-order valence-corrected chi connectivity index (χ4v) is 1.29. The van der Waals surface area contributed by atoms with Gasteiger partial charge in [0.25, 0.3) is 0 Å². The Labute approximate surface area is 72.3 Å². The normalized spacial score (nSPS) is 20.9. The summed E-state index contributed by atoms with van der Waals surface area (Å²) in [4.78, 5) is 12.6. The van der Waals surface area contributed by atoms with E-state index in [1.165, 1.54) is 0 Å². The molecule has 0 aromatic heterocycles. The molecule has 1 fully saturated rings. The van der Waals surface area contributed by atoms with Gasteiger partial charge < -0.3 is 15.7 Å². The summed E-state index contributed by atoms with van der Waals surface area (Å²) in [5.41, 5.74) is 4.50. The molecule has 4 heteroatoms. The van der Waals surface area contributed by atoms with Gasteiger partial charge in [0, 0.05) is 0 Å². The molecule has 4 nitrogen and oxygen atoms in total. The minimum Gasteiger partial charge on any atom is -0.386 e. The van der Waals surface area contributed by atoms with Crippen LogP contribution in [0.15, 0.2) is 0 Å². The zero-order chi connectivity index (χ0) is 9.35. The highest BCUT2D eigenvalue weighted by atomic mass is 16.3. The lowest BCUT2D eigenvalue weighted by Crippen LogP contribution is -2.66. The fraction of sp³-hybridized carbons (Fsp3) is 0.875. The fourth-order valence-electron chi connectivity index (χ4n) is 1.29. The van der Waals surface area contributed by atoms with E-state index in [1.807, 2.05) is 13.8 Å². The Morgan fingerprint density at radius 2 is 2.17 bits per heavy atom. The molecule has 1 saturated heterocycles. The largest absolute Gasteiger partial charge is 0.386 e. The highest BCUT2D eigenvalue weighted by molar-refractivity contribution is 5.79. The van der Waals surface area contributed by atoms with E-state index in [9.17, 15) is 9.90 Å². The zero-order valence-electron chi connectivity index (χ0n) is 7.58. The number of nitrogens with two attached hydrogens (primary N) is 1. The van der Waals surface area contributed by atoms with Crippen LogP contribution in [0.4, 0.5) is 0 Å². The van der Waals surface area contributed by atoms with Gasteiger partial charge in [0.2, 0.25) is 5.91 Å². The van der Waals surface area contributed by atoms with Crippen LogP contribution in [0, 0.1) is 5.92 Å². The summed E-state index contributed by atoms with van der Waals surface area (Å²) >= 11 is 0. The maximum atomic E-state index is 11.0. The summed E-state index contributed by atoms with van der Waals surface area (Å²) in [6.07, 6.45) is 0. The van der Waals surface area contributed by atoms with Crippen LogP contribution in [0.5, 0.6) is 0 Å². The molecule has 0 bridgehead atoms. The molecule has 0 radical (unpaired) electrons. The monoisotopic (exact) mass is 172 g/mol. The third-order valence-electron chi connectivity index (χ3n) is 2.53. The van der Waals surface area contributed by atoms with Crippen LogP contribution >= 0.6 is 0 Å². The van der Waals surface area contributed by atoms with Crippen molar-refractivity contribution in [3.63, 3.8) is 0 Å². The average molecular weight is 172 g/mol. The molecule has 1 heterocycles. The summed E-state index contributed by atoms with van der Waals surface area (Å²) in [6.45, 7) is 4.80. The van der Waals surface area contributed by atoms with Crippen molar-refractivity contribution in [2.45, 2.75) is 19.4 Å². The number of amides is 1. The Kier molecular flexibility index (Phi) is 2.39. The van der Waals surface area contributed by atoms with Gasteiger partial charge in [-0.25, -0.2) is 0 Å². The molecule has 0 unspecified atom stereocenters. The van der Waals surface area contributed by atoms with Gasteiger partial charge in [-0.2, -0.15) is 0 Å². The topological polar surface area (TPSA) is 66.6 Å². The van der Waals surface area contributed by atoms with Crippen molar-refractivity contribution in [1.29, 1.82) is 0 Å². The lowest BCUT2D eigenvalue weighted by molar-refractivity contribution is -0.162. The van der Waals surface area contributed by atoms with Crippen molar-refractivity contribution in [3.05, 3.63) is 0 Å². The second-order valence-corrected chi connectivity index (χ2v) is 3.71. The van der Waals surface area contributed by atoms with Gasteiger partial charge in [-0.3, -0.25) is 4.79 Å². The van der Waals surface area contributed by atoms with Gasteiger partial charge in [-0.1, -0.05) is 13.8 Å². The number of carbonyl (C=O) groups excluding carboxylic acids is 1. The van der Waals surface area contributed by atoms with Crippen LogP contribution in [0.1, 0.15) is 13.8 Å². The molecule has 1 aliphatic heterocycles. The maximum Gasteiger partial charge on any atom is 0.236 e. The average Bonchev–Trinajstić information content (AvgIpc) is 1.96. The van der Waals surface area contributed by atoms with E-state index in [2.05, 4.69) is 0 Å². The Balaban J connectivity index is 2.41. The molecular weight excluding hydrogens is 156 g/mol. The van der Waals surface area contributed by atoms with E-state index in [-0.39, 0.29) is 18.4 Å². The number of hydrogen-bond acceptors (Lipinski definition) is 3. The minimum atomic E-state index is -0.676.